The van der Waals surface area contributed by atoms with Crippen molar-refractivity contribution in [2.75, 3.05) is 13.6 Å². The minimum Gasteiger partial charge on any atom is -0.481 e. The number of thiazole rings is 1. The Morgan fingerprint density at radius 2 is 1.80 bits per heavy atom. The number of hydrogen-bond donors (Lipinski definition) is 1. The molecule has 236 valence electrons. The van der Waals surface area contributed by atoms with E-state index < -0.39 is 52.8 Å². The number of benzene rings is 1. The molecular formula is C27H26ClF4N5O5S2. The van der Waals surface area contributed by atoms with Crippen LogP contribution in [0.1, 0.15) is 30.1 Å². The van der Waals surface area contributed by atoms with Gasteiger partial charge in [0.15, 0.2) is 4.80 Å². The third-order valence-electron chi connectivity index (χ3n) is 7.60. The second-order valence-electron chi connectivity index (χ2n) is 10.3. The van der Waals surface area contributed by atoms with Crippen LogP contribution in [-0.2, 0) is 36.3 Å². The maximum Gasteiger partial charge on any atom is 0.419 e. The number of nitrogens with zero attached hydrogens (tertiary/aromatic N) is 5. The Balaban J connectivity index is 0.00000442. The molecule has 1 N–H and O–H groups in total. The predicted molar refractivity (Wildman–Crippen MR) is 159 cm³/mol. The molecule has 3 aromatic heterocycles. The van der Waals surface area contributed by atoms with E-state index in [0.29, 0.717) is 29.4 Å². The second kappa shape index (κ2) is 12.4. The Labute approximate surface area is 260 Å². The summed E-state index contributed by atoms with van der Waals surface area (Å²) in [5.74, 6) is -3.86. The van der Waals surface area contributed by atoms with Gasteiger partial charge in [-0.1, -0.05) is 6.07 Å². The van der Waals surface area contributed by atoms with Crippen LogP contribution in [0.4, 0.5) is 17.6 Å². The maximum atomic E-state index is 14.6. The number of amides is 1. The molecule has 1 saturated heterocycles. The molecule has 44 heavy (non-hydrogen) atoms. The van der Waals surface area contributed by atoms with Crippen molar-refractivity contribution in [1.29, 1.82) is 0 Å². The number of alkyl halides is 3. The van der Waals surface area contributed by atoms with Gasteiger partial charge >= 0.3 is 17.8 Å². The number of thiophene rings is 1. The van der Waals surface area contributed by atoms with E-state index in [9.17, 15) is 41.8 Å². The molecule has 1 aliphatic rings. The van der Waals surface area contributed by atoms with Crippen LogP contribution in [0.15, 0.2) is 43.5 Å². The standard InChI is InChI=1S/C27H25F4N5O5S2.ClH/c1-33-7-6-14(24(39)40)10-20(33)36-18(13-4-5-16(17(28)8-13)27(29,30)31)12-43-25(36)32-19(37)9-15-11-42-23-21(15)22(38)34(2)26(41)35(23)3;/h4-5,8,11-12,14,20H,6-7,9-10H2,1-3H3,(H,39,40);1H. The summed E-state index contributed by atoms with van der Waals surface area (Å²) in [4.78, 5) is 56.9. The van der Waals surface area contributed by atoms with E-state index in [4.69, 9.17) is 0 Å². The number of carboxylic acid groups (broad SMARTS) is 1. The zero-order valence-electron chi connectivity index (χ0n) is 23.4. The molecular weight excluding hydrogens is 650 g/mol. The maximum absolute atomic E-state index is 14.6. The van der Waals surface area contributed by atoms with E-state index in [2.05, 4.69) is 4.99 Å². The number of rotatable bonds is 5. The molecule has 4 heterocycles. The number of aryl methyl sites for hydroxylation is 1. The third kappa shape index (κ3) is 6.03. The highest BCUT2D eigenvalue weighted by atomic mass is 35.5. The fourth-order valence-corrected chi connectivity index (χ4v) is 7.24. The van der Waals surface area contributed by atoms with Gasteiger partial charge in [0.05, 0.1) is 35.1 Å². The Bertz CT molecular complexity index is 1960. The van der Waals surface area contributed by atoms with Crippen molar-refractivity contribution in [2.45, 2.75) is 31.6 Å². The van der Waals surface area contributed by atoms with Crippen molar-refractivity contribution in [1.82, 2.24) is 18.6 Å². The lowest BCUT2D eigenvalue weighted by Gasteiger charge is -2.37. The Kier molecular flexibility index (Phi) is 9.40. The van der Waals surface area contributed by atoms with Crippen LogP contribution in [0.3, 0.4) is 0 Å². The first kappa shape index (κ1) is 33.3. The number of likely N-dealkylation sites (tertiary alicyclic amines) is 1. The van der Waals surface area contributed by atoms with E-state index in [1.807, 2.05) is 4.90 Å². The summed E-state index contributed by atoms with van der Waals surface area (Å²) in [6, 6.07) is 2.50. The predicted octanol–water partition coefficient (Wildman–Crippen LogP) is 4.00. The molecule has 1 amide bonds. The molecule has 0 aliphatic carbocycles. The quantitative estimate of drug-likeness (QED) is 0.320. The van der Waals surface area contributed by atoms with Gasteiger partial charge in [-0.3, -0.25) is 28.4 Å². The normalized spacial score (nSPS) is 18.0. The van der Waals surface area contributed by atoms with Crippen molar-refractivity contribution in [3.05, 3.63) is 71.5 Å². The zero-order chi connectivity index (χ0) is 31.4. The highest BCUT2D eigenvalue weighted by Crippen LogP contribution is 2.36. The molecule has 0 bridgehead atoms. The van der Waals surface area contributed by atoms with Gasteiger partial charge in [0, 0.05) is 31.6 Å². The molecule has 1 aromatic carbocycles. The second-order valence-corrected chi connectivity index (χ2v) is 12.0. The molecule has 0 spiro atoms. The molecule has 0 radical (unpaired) electrons. The lowest BCUT2D eigenvalue weighted by Crippen LogP contribution is -2.42. The molecule has 0 saturated carbocycles. The van der Waals surface area contributed by atoms with Gasteiger partial charge in [0.1, 0.15) is 10.6 Å². The fraction of sp³-hybridized carbons (Fsp3) is 0.370. The molecule has 5 rings (SSSR count). The van der Waals surface area contributed by atoms with Gasteiger partial charge < -0.3 is 9.67 Å². The first-order chi connectivity index (χ1) is 20.2. The van der Waals surface area contributed by atoms with Crippen LogP contribution in [0.5, 0.6) is 0 Å². The summed E-state index contributed by atoms with van der Waals surface area (Å²) < 4.78 is 58.0. The van der Waals surface area contributed by atoms with Gasteiger partial charge in [0.25, 0.3) is 11.5 Å². The number of aliphatic carboxylic acids is 1. The average molecular weight is 676 g/mol. The van der Waals surface area contributed by atoms with Gasteiger partial charge in [0.2, 0.25) is 0 Å². The monoisotopic (exact) mass is 675 g/mol. The molecule has 1 fully saturated rings. The fourth-order valence-electron chi connectivity index (χ4n) is 5.26. The summed E-state index contributed by atoms with van der Waals surface area (Å²) >= 11 is 2.13. The number of carbonyl (C=O) groups excluding carboxylic acids is 1. The molecule has 17 heteroatoms. The minimum absolute atomic E-state index is 0. The Morgan fingerprint density at radius 1 is 1.09 bits per heavy atom. The third-order valence-corrected chi connectivity index (χ3v) is 9.54. The van der Waals surface area contributed by atoms with Crippen molar-refractivity contribution < 1.29 is 32.3 Å². The Morgan fingerprint density at radius 3 is 2.43 bits per heavy atom. The summed E-state index contributed by atoms with van der Waals surface area (Å²) in [5, 5.41) is 13.0. The van der Waals surface area contributed by atoms with Crippen LogP contribution in [0.25, 0.3) is 21.5 Å². The number of halogens is 5. The van der Waals surface area contributed by atoms with E-state index >= 15 is 0 Å². The Hall–Kier alpha value is -3.60. The van der Waals surface area contributed by atoms with E-state index in [0.717, 1.165) is 39.4 Å². The van der Waals surface area contributed by atoms with Crippen molar-refractivity contribution in [2.24, 2.45) is 25.0 Å². The van der Waals surface area contributed by atoms with Crippen LogP contribution in [0.2, 0.25) is 0 Å². The largest absolute Gasteiger partial charge is 0.481 e. The van der Waals surface area contributed by atoms with Crippen LogP contribution >= 0.6 is 35.1 Å². The number of carboxylic acids is 1. The first-order valence-corrected chi connectivity index (χ1v) is 14.7. The van der Waals surface area contributed by atoms with Crippen molar-refractivity contribution >= 4 is 57.2 Å². The van der Waals surface area contributed by atoms with E-state index in [1.165, 1.54) is 24.0 Å². The van der Waals surface area contributed by atoms with Gasteiger partial charge in [-0.25, -0.2) is 9.18 Å². The molecule has 1 aliphatic heterocycles. The smallest absolute Gasteiger partial charge is 0.419 e. The minimum atomic E-state index is -4.89. The van der Waals surface area contributed by atoms with Crippen molar-refractivity contribution in [3.63, 3.8) is 0 Å². The highest BCUT2D eigenvalue weighted by Gasteiger charge is 2.36. The zero-order valence-corrected chi connectivity index (χ0v) is 25.9. The number of hydrogen-bond acceptors (Lipinski definition) is 7. The van der Waals surface area contributed by atoms with Crippen LogP contribution in [0, 0.1) is 11.7 Å². The van der Waals surface area contributed by atoms with Gasteiger partial charge in [-0.15, -0.1) is 35.1 Å². The molecule has 2 atom stereocenters. The lowest BCUT2D eigenvalue weighted by atomic mass is 9.94. The van der Waals surface area contributed by atoms with Crippen LogP contribution < -0.4 is 16.1 Å². The highest BCUT2D eigenvalue weighted by molar-refractivity contribution is 7.17. The van der Waals surface area contributed by atoms with Gasteiger partial charge in [-0.05, 0) is 43.0 Å². The molecule has 2 unspecified atom stereocenters. The molecule has 10 nitrogen and oxygen atoms in total. The van der Waals surface area contributed by atoms with Crippen molar-refractivity contribution in [3.8, 4) is 11.3 Å². The average Bonchev–Trinajstić information content (AvgIpc) is 3.54. The number of carbonyl (C=O) groups is 2. The van der Waals surface area contributed by atoms with Gasteiger partial charge in [-0.2, -0.15) is 18.2 Å². The van der Waals surface area contributed by atoms with Crippen LogP contribution in [-0.4, -0.2) is 49.2 Å². The number of aromatic nitrogens is 3. The van der Waals surface area contributed by atoms with E-state index in [-0.39, 0.29) is 46.7 Å². The SMILES string of the molecule is CN1CCC(C(=O)O)CC1n1c(-c2ccc(C(F)(F)F)c(F)c2)csc1=NC(=O)Cc1csc2c1c(=O)n(C)c(=O)n2C.Cl. The summed E-state index contributed by atoms with van der Waals surface area (Å²) in [6.07, 6.45) is -5.35. The number of piperidine rings is 1. The van der Waals surface area contributed by atoms with E-state index in [1.54, 1.807) is 17.0 Å². The first-order valence-electron chi connectivity index (χ1n) is 12.9. The summed E-state index contributed by atoms with van der Waals surface area (Å²) in [7, 11) is 4.60. The lowest BCUT2D eigenvalue weighted by molar-refractivity contribution is -0.144. The molecule has 4 aromatic rings. The summed E-state index contributed by atoms with van der Waals surface area (Å²) in [5.41, 5.74) is -1.76. The topological polar surface area (TPSA) is 119 Å². The summed E-state index contributed by atoms with van der Waals surface area (Å²) in [6.45, 7) is 0.377. The number of fused-ring (bicyclic) bond motifs is 1.